The quantitative estimate of drug-likeness (QED) is 0.145. The first-order valence-corrected chi connectivity index (χ1v) is 13.1. The summed E-state index contributed by atoms with van der Waals surface area (Å²) in [5.41, 5.74) is 0.980. The maximum Gasteiger partial charge on any atom is 0.333 e. The van der Waals surface area contributed by atoms with Crippen molar-refractivity contribution in [3.8, 4) is 0 Å². The Labute approximate surface area is 197 Å². The molecule has 0 unspecified atom stereocenters. The molecule has 0 aliphatic heterocycles. The number of hydrogen-bond donors (Lipinski definition) is 1. The molecule has 1 saturated carbocycles. The van der Waals surface area contributed by atoms with Crippen molar-refractivity contribution in [3.05, 3.63) is 23.8 Å². The topological polar surface area (TPSA) is 63.6 Å². The molecule has 4 heteroatoms. The summed E-state index contributed by atoms with van der Waals surface area (Å²) in [4.78, 5) is 21.7. The third-order valence-corrected chi connectivity index (χ3v) is 6.02. The van der Waals surface area contributed by atoms with E-state index >= 15 is 0 Å². The summed E-state index contributed by atoms with van der Waals surface area (Å²) >= 11 is 0. The fourth-order valence-electron chi connectivity index (χ4n) is 3.83. The fourth-order valence-corrected chi connectivity index (χ4v) is 3.83. The number of allylic oxidation sites excluding steroid dienone is 1. The summed E-state index contributed by atoms with van der Waals surface area (Å²) in [6.45, 7) is 9.16. The summed E-state index contributed by atoms with van der Waals surface area (Å²) < 4.78 is 5.21. The molecule has 0 bridgehead atoms. The number of unbranched alkanes of at least 4 members (excludes halogenated alkanes) is 12. The predicted molar refractivity (Wildman–Crippen MR) is 135 cm³/mol. The number of hydrogen-bond acceptors (Lipinski definition) is 3. The van der Waals surface area contributed by atoms with Crippen molar-refractivity contribution in [2.75, 3.05) is 0 Å². The maximum absolute atomic E-state index is 11.1. The van der Waals surface area contributed by atoms with Crippen LogP contribution in [-0.4, -0.2) is 23.1 Å². The number of carbonyl (C=O) groups excluding carboxylic acids is 1. The van der Waals surface area contributed by atoms with Crippen LogP contribution in [0.4, 0.5) is 0 Å². The van der Waals surface area contributed by atoms with Gasteiger partial charge in [-0.1, -0.05) is 96.6 Å². The third-order valence-electron chi connectivity index (χ3n) is 6.02. The van der Waals surface area contributed by atoms with Gasteiger partial charge in [-0.25, -0.2) is 9.59 Å². The Morgan fingerprint density at radius 3 is 1.75 bits per heavy atom. The second kappa shape index (κ2) is 21.3. The summed E-state index contributed by atoms with van der Waals surface area (Å²) in [6, 6.07) is 0. The minimum Gasteiger partial charge on any atom is -0.478 e. The average molecular weight is 451 g/mol. The molecule has 4 nitrogen and oxygen atoms in total. The van der Waals surface area contributed by atoms with Gasteiger partial charge in [0, 0.05) is 11.1 Å². The molecule has 32 heavy (non-hydrogen) atoms. The lowest BCUT2D eigenvalue weighted by Gasteiger charge is -2.21. The number of carboxylic acids is 1. The van der Waals surface area contributed by atoms with Gasteiger partial charge in [-0.2, -0.15) is 0 Å². The molecule has 0 spiro atoms. The average Bonchev–Trinajstić information content (AvgIpc) is 2.77. The third kappa shape index (κ3) is 19.1. The van der Waals surface area contributed by atoms with Crippen LogP contribution in [0.25, 0.3) is 0 Å². The number of ether oxygens (including phenoxy) is 1. The van der Waals surface area contributed by atoms with Crippen LogP contribution in [0.1, 0.15) is 136 Å². The monoisotopic (exact) mass is 450 g/mol. The Morgan fingerprint density at radius 1 is 0.844 bits per heavy atom. The van der Waals surface area contributed by atoms with E-state index in [0.29, 0.717) is 11.1 Å². The second-order valence-electron chi connectivity index (χ2n) is 9.32. The Bertz CT molecular complexity index is 530. The predicted octanol–water partition coefficient (Wildman–Crippen LogP) is 8.55. The molecule has 186 valence electrons. The van der Waals surface area contributed by atoms with Gasteiger partial charge in [0.2, 0.25) is 0 Å². The fraction of sp³-hybridized carbons (Fsp3) is 0.786. The van der Waals surface area contributed by atoms with Crippen LogP contribution in [0.15, 0.2) is 23.8 Å². The van der Waals surface area contributed by atoms with Gasteiger partial charge in [0.05, 0.1) is 0 Å². The molecular weight excluding hydrogens is 400 g/mol. The van der Waals surface area contributed by atoms with Crippen molar-refractivity contribution in [1.82, 2.24) is 0 Å². The van der Waals surface area contributed by atoms with E-state index in [-0.39, 0.29) is 12.1 Å². The zero-order chi connectivity index (χ0) is 24.0. The van der Waals surface area contributed by atoms with E-state index < -0.39 is 5.97 Å². The molecule has 1 fully saturated rings. The number of carbonyl (C=O) groups is 2. The first-order chi connectivity index (χ1) is 15.4. The standard InChI is InChI=1S/C18H34O2.C10H16O2/c1-3-4-5-6-7-8-9-10-11-12-13-14-15-16-17(2)18(19)20;1-8(2)10(11)12-9-6-4-3-5-7-9/h16H,3-15H2,1-2H3,(H,19,20);9H,1,3-7H2,2H3. The summed E-state index contributed by atoms with van der Waals surface area (Å²) in [5, 5.41) is 8.70. The van der Waals surface area contributed by atoms with E-state index in [4.69, 9.17) is 9.84 Å². The van der Waals surface area contributed by atoms with Gasteiger partial charge in [-0.05, 0) is 52.4 Å². The largest absolute Gasteiger partial charge is 0.478 e. The highest BCUT2D eigenvalue weighted by Crippen LogP contribution is 2.20. The zero-order valence-electron chi connectivity index (χ0n) is 21.3. The Hall–Kier alpha value is -1.58. The van der Waals surface area contributed by atoms with Crippen LogP contribution < -0.4 is 0 Å². The molecule has 0 atom stereocenters. The lowest BCUT2D eigenvalue weighted by molar-refractivity contribution is -0.145. The van der Waals surface area contributed by atoms with Crippen LogP contribution >= 0.6 is 0 Å². The lowest BCUT2D eigenvalue weighted by atomic mass is 9.98. The summed E-state index contributed by atoms with van der Waals surface area (Å²) in [5.74, 6) is -1.02. The van der Waals surface area contributed by atoms with Crippen molar-refractivity contribution in [1.29, 1.82) is 0 Å². The van der Waals surface area contributed by atoms with E-state index in [0.717, 1.165) is 25.7 Å². The maximum atomic E-state index is 11.1. The van der Waals surface area contributed by atoms with Gasteiger partial charge in [-0.3, -0.25) is 0 Å². The molecular formula is C28H50O4. The van der Waals surface area contributed by atoms with E-state index in [1.54, 1.807) is 13.8 Å². The molecule has 0 saturated heterocycles. The number of esters is 1. The van der Waals surface area contributed by atoms with Crippen LogP contribution in [0.2, 0.25) is 0 Å². The zero-order valence-corrected chi connectivity index (χ0v) is 21.3. The molecule has 1 aliphatic rings. The first kappa shape index (κ1) is 30.4. The van der Waals surface area contributed by atoms with Crippen molar-refractivity contribution in [2.24, 2.45) is 0 Å². The Morgan fingerprint density at radius 2 is 1.31 bits per heavy atom. The highest BCUT2D eigenvalue weighted by molar-refractivity contribution is 5.87. The van der Waals surface area contributed by atoms with E-state index in [1.165, 1.54) is 89.9 Å². The number of aliphatic carboxylic acids is 1. The number of carboxylic acid groups (broad SMARTS) is 1. The molecule has 0 aromatic carbocycles. The SMILES string of the molecule is C=C(C)C(=O)OC1CCCCC1.CCCCCCCCCCCCCCC=C(C)C(=O)O. The molecule has 0 amide bonds. The van der Waals surface area contributed by atoms with Gasteiger partial charge in [0.1, 0.15) is 6.10 Å². The van der Waals surface area contributed by atoms with Crippen molar-refractivity contribution < 1.29 is 19.4 Å². The summed E-state index contributed by atoms with van der Waals surface area (Å²) in [6.07, 6.45) is 24.8. The molecule has 0 aromatic heterocycles. The van der Waals surface area contributed by atoms with E-state index in [2.05, 4.69) is 13.5 Å². The van der Waals surface area contributed by atoms with E-state index in [1.807, 2.05) is 6.08 Å². The van der Waals surface area contributed by atoms with Crippen LogP contribution in [0.5, 0.6) is 0 Å². The Balaban J connectivity index is 0.000000677. The minimum absolute atomic E-state index is 0.156. The smallest absolute Gasteiger partial charge is 0.333 e. The molecule has 0 radical (unpaired) electrons. The first-order valence-electron chi connectivity index (χ1n) is 13.1. The van der Waals surface area contributed by atoms with E-state index in [9.17, 15) is 9.59 Å². The van der Waals surface area contributed by atoms with Crippen LogP contribution in [-0.2, 0) is 14.3 Å². The molecule has 1 N–H and O–H groups in total. The Kier molecular flexibility index (Phi) is 20.2. The highest BCUT2D eigenvalue weighted by Gasteiger charge is 2.17. The van der Waals surface area contributed by atoms with Gasteiger partial charge in [0.25, 0.3) is 0 Å². The molecule has 1 rings (SSSR count). The second-order valence-corrected chi connectivity index (χ2v) is 9.32. The van der Waals surface area contributed by atoms with Gasteiger partial charge in [0.15, 0.2) is 0 Å². The highest BCUT2D eigenvalue weighted by atomic mass is 16.5. The lowest BCUT2D eigenvalue weighted by Crippen LogP contribution is -2.20. The van der Waals surface area contributed by atoms with Gasteiger partial charge in [-0.15, -0.1) is 0 Å². The van der Waals surface area contributed by atoms with Crippen molar-refractivity contribution >= 4 is 11.9 Å². The van der Waals surface area contributed by atoms with Crippen molar-refractivity contribution in [3.63, 3.8) is 0 Å². The normalized spacial score (nSPS) is 14.4. The molecule has 0 heterocycles. The summed E-state index contributed by atoms with van der Waals surface area (Å²) in [7, 11) is 0. The van der Waals surface area contributed by atoms with Gasteiger partial charge >= 0.3 is 11.9 Å². The molecule has 0 aromatic rings. The minimum atomic E-state index is -0.788. The van der Waals surface area contributed by atoms with Crippen molar-refractivity contribution in [2.45, 2.75) is 142 Å². The van der Waals surface area contributed by atoms with Crippen LogP contribution in [0.3, 0.4) is 0 Å². The van der Waals surface area contributed by atoms with Crippen LogP contribution in [0, 0.1) is 0 Å². The number of rotatable bonds is 16. The van der Waals surface area contributed by atoms with Gasteiger partial charge < -0.3 is 9.84 Å². The molecule has 1 aliphatic carbocycles.